The van der Waals surface area contributed by atoms with Gasteiger partial charge in [-0.3, -0.25) is 0 Å². The van der Waals surface area contributed by atoms with E-state index in [0.29, 0.717) is 35.3 Å². The summed E-state index contributed by atoms with van der Waals surface area (Å²) in [4.78, 5) is 14.7. The summed E-state index contributed by atoms with van der Waals surface area (Å²) in [5.74, 6) is 1.18. The van der Waals surface area contributed by atoms with Crippen molar-refractivity contribution < 1.29 is 13.7 Å². The van der Waals surface area contributed by atoms with Crippen LogP contribution in [0, 0.1) is 18.7 Å². The molecule has 25 heavy (non-hydrogen) atoms. The van der Waals surface area contributed by atoms with E-state index in [1.165, 1.54) is 6.07 Å². The molecule has 2 atom stereocenters. The van der Waals surface area contributed by atoms with Gasteiger partial charge < -0.3 is 14.7 Å². The van der Waals surface area contributed by atoms with Crippen LogP contribution in [0.25, 0.3) is 0 Å². The summed E-state index contributed by atoms with van der Waals surface area (Å²) in [5.41, 5.74) is 1.94. The maximum atomic E-state index is 14.2. The Labute approximate surface area is 146 Å². The number of rotatable bonds is 3. The normalized spacial score (nSPS) is 23.1. The average molecular weight is 343 g/mol. The fourth-order valence-corrected chi connectivity index (χ4v) is 3.65. The fourth-order valence-electron chi connectivity index (χ4n) is 3.65. The number of benzene rings is 1. The maximum Gasteiger partial charge on any atom is 0.322 e. The minimum atomic E-state index is -0.265. The van der Waals surface area contributed by atoms with Crippen molar-refractivity contribution in [1.29, 1.82) is 0 Å². The number of hydrogen-bond donors (Lipinski definition) is 1. The lowest BCUT2D eigenvalue weighted by Gasteiger charge is -2.25. The van der Waals surface area contributed by atoms with Crippen LogP contribution in [0.2, 0.25) is 0 Å². The molecule has 5 nitrogen and oxygen atoms in total. The van der Waals surface area contributed by atoms with Crippen LogP contribution in [0.5, 0.6) is 0 Å². The number of nitrogens with one attached hydrogen (secondary N) is 1. The number of nitrogens with zero attached hydrogens (tertiary/aromatic N) is 2. The Morgan fingerprint density at radius 3 is 2.84 bits per heavy atom. The summed E-state index contributed by atoms with van der Waals surface area (Å²) in [6, 6.07) is 6.23. The topological polar surface area (TPSA) is 58.4 Å². The van der Waals surface area contributed by atoms with E-state index in [0.717, 1.165) is 25.0 Å². The Morgan fingerprint density at radius 2 is 2.12 bits per heavy atom. The molecule has 1 aromatic heterocycles. The van der Waals surface area contributed by atoms with Gasteiger partial charge in [-0.2, -0.15) is 0 Å². The number of likely N-dealkylation sites (tertiary alicyclic amines) is 1. The van der Waals surface area contributed by atoms with Gasteiger partial charge in [0, 0.05) is 18.0 Å². The summed E-state index contributed by atoms with van der Waals surface area (Å²) >= 11 is 0. The van der Waals surface area contributed by atoms with Crippen LogP contribution in [-0.2, 0) is 0 Å². The van der Waals surface area contributed by atoms with Crippen LogP contribution in [-0.4, -0.2) is 22.6 Å². The molecular weight excluding hydrogens is 321 g/mol. The Balaban J connectivity index is 1.58. The van der Waals surface area contributed by atoms with Gasteiger partial charge in [0.15, 0.2) is 5.76 Å². The first-order valence-electron chi connectivity index (χ1n) is 8.82. The van der Waals surface area contributed by atoms with Crippen LogP contribution in [0.3, 0.4) is 0 Å². The predicted molar refractivity (Wildman–Crippen MR) is 91.9 cm³/mol. The Bertz CT molecular complexity index is 800. The molecule has 0 spiro atoms. The molecule has 0 radical (unpaired) electrons. The summed E-state index contributed by atoms with van der Waals surface area (Å²) in [7, 11) is 0. The number of urea groups is 1. The highest BCUT2D eigenvalue weighted by Crippen LogP contribution is 2.45. The smallest absolute Gasteiger partial charge is 0.322 e. The number of amides is 2. The predicted octanol–water partition coefficient (Wildman–Crippen LogP) is 4.61. The summed E-state index contributed by atoms with van der Waals surface area (Å²) in [5, 5.41) is 6.97. The van der Waals surface area contributed by atoms with Gasteiger partial charge in [-0.25, -0.2) is 9.18 Å². The van der Waals surface area contributed by atoms with Gasteiger partial charge in [0.2, 0.25) is 0 Å². The van der Waals surface area contributed by atoms with E-state index in [1.807, 2.05) is 13.0 Å². The number of aromatic nitrogens is 1. The lowest BCUT2D eigenvalue weighted by atomic mass is 10.0. The molecule has 1 aliphatic carbocycles. The third kappa shape index (κ3) is 3.01. The lowest BCUT2D eigenvalue weighted by Crippen LogP contribution is -2.35. The lowest BCUT2D eigenvalue weighted by molar-refractivity contribution is 0.205. The molecule has 132 valence electrons. The molecule has 2 amide bonds. The first kappa shape index (κ1) is 16.1. The number of carbonyl (C=O) groups is 1. The van der Waals surface area contributed by atoms with Crippen molar-refractivity contribution in [3.05, 3.63) is 47.1 Å². The van der Waals surface area contributed by atoms with Crippen molar-refractivity contribution in [3.63, 3.8) is 0 Å². The maximum absolute atomic E-state index is 14.2. The number of halogens is 1. The Morgan fingerprint density at radius 1 is 1.36 bits per heavy atom. The second-order valence-corrected chi connectivity index (χ2v) is 7.24. The molecule has 4 rings (SSSR count). The molecule has 2 aliphatic rings. The van der Waals surface area contributed by atoms with Crippen LogP contribution in [0.1, 0.15) is 55.2 Å². The minimum absolute atomic E-state index is 0.217. The van der Waals surface area contributed by atoms with E-state index in [9.17, 15) is 9.18 Å². The molecule has 2 aromatic rings. The summed E-state index contributed by atoms with van der Waals surface area (Å²) in [6.07, 6.45) is 2.89. The van der Waals surface area contributed by atoms with Gasteiger partial charge in [-0.15, -0.1) is 0 Å². The fraction of sp³-hybridized carbons (Fsp3) is 0.474. The molecule has 2 heterocycles. The zero-order chi connectivity index (χ0) is 17.6. The van der Waals surface area contributed by atoms with Crippen LogP contribution >= 0.6 is 0 Å². The quantitative estimate of drug-likeness (QED) is 0.885. The van der Waals surface area contributed by atoms with Gasteiger partial charge in [0.05, 0.1) is 6.04 Å². The number of carbonyl (C=O) groups excluding carboxylic acids is 1. The molecule has 1 aliphatic heterocycles. The van der Waals surface area contributed by atoms with Gasteiger partial charge in [0.1, 0.15) is 17.2 Å². The van der Waals surface area contributed by atoms with Crippen molar-refractivity contribution in [2.24, 2.45) is 5.92 Å². The zero-order valence-corrected chi connectivity index (χ0v) is 14.5. The molecule has 2 unspecified atom stereocenters. The van der Waals surface area contributed by atoms with Crippen molar-refractivity contribution in [3.8, 4) is 0 Å². The minimum Gasteiger partial charge on any atom is -0.359 e. The van der Waals surface area contributed by atoms with Gasteiger partial charge in [0.25, 0.3) is 0 Å². The molecule has 0 bridgehead atoms. The second-order valence-electron chi connectivity index (χ2n) is 7.24. The molecule has 1 aromatic carbocycles. The van der Waals surface area contributed by atoms with Crippen LogP contribution < -0.4 is 5.32 Å². The Kier molecular flexibility index (Phi) is 3.98. The average Bonchev–Trinajstić information content (AvgIpc) is 3.26. The number of aryl methyl sites for hydroxylation is 1. The van der Waals surface area contributed by atoms with E-state index in [2.05, 4.69) is 17.4 Å². The van der Waals surface area contributed by atoms with Crippen molar-refractivity contribution >= 4 is 11.7 Å². The van der Waals surface area contributed by atoms with Crippen LogP contribution in [0.15, 0.2) is 28.8 Å². The molecule has 1 N–H and O–H groups in total. The van der Waals surface area contributed by atoms with Crippen molar-refractivity contribution in [1.82, 2.24) is 10.1 Å². The zero-order valence-electron chi connectivity index (χ0n) is 14.5. The Hall–Kier alpha value is -2.37. The van der Waals surface area contributed by atoms with E-state index in [4.69, 9.17) is 4.52 Å². The van der Waals surface area contributed by atoms with E-state index >= 15 is 0 Å². The third-order valence-electron chi connectivity index (χ3n) is 5.10. The van der Waals surface area contributed by atoms with Gasteiger partial charge >= 0.3 is 6.03 Å². The van der Waals surface area contributed by atoms with Crippen LogP contribution in [0.4, 0.5) is 14.9 Å². The first-order valence-corrected chi connectivity index (χ1v) is 8.82. The molecular formula is C19H22FN3O2. The highest BCUT2D eigenvalue weighted by molar-refractivity contribution is 5.91. The number of anilines is 1. The highest BCUT2D eigenvalue weighted by atomic mass is 19.1. The summed E-state index contributed by atoms with van der Waals surface area (Å²) < 4.78 is 19.6. The van der Waals surface area contributed by atoms with E-state index in [-0.39, 0.29) is 17.9 Å². The van der Waals surface area contributed by atoms with Gasteiger partial charge in [-0.05, 0) is 38.2 Å². The standard InChI is InChI=1S/C19H22FN3O2/c1-11-9-16(14-5-3-4-6-15(14)20)23(10-11)19(24)21-17-12(2)22-25-18(17)13-7-8-13/h3-6,11,13,16H,7-10H2,1-2H3,(H,21,24). The van der Waals surface area contributed by atoms with Gasteiger partial charge in [-0.1, -0.05) is 30.3 Å². The third-order valence-corrected chi connectivity index (χ3v) is 5.10. The van der Waals surface area contributed by atoms with E-state index in [1.54, 1.807) is 17.0 Å². The SMILES string of the molecule is Cc1noc(C2CC2)c1NC(=O)N1CC(C)CC1c1ccccc1F. The monoisotopic (exact) mass is 343 g/mol. The van der Waals surface area contributed by atoms with Crippen molar-refractivity contribution in [2.75, 3.05) is 11.9 Å². The van der Waals surface area contributed by atoms with Crippen molar-refractivity contribution in [2.45, 2.75) is 45.1 Å². The molecule has 1 saturated heterocycles. The second kappa shape index (κ2) is 6.17. The van der Waals surface area contributed by atoms with E-state index < -0.39 is 0 Å². The first-order chi connectivity index (χ1) is 12.0. The molecule has 6 heteroatoms. The largest absolute Gasteiger partial charge is 0.359 e. The molecule has 1 saturated carbocycles. The molecule has 2 fully saturated rings. The number of hydrogen-bond acceptors (Lipinski definition) is 3. The highest BCUT2D eigenvalue weighted by Gasteiger charge is 2.37. The summed E-state index contributed by atoms with van der Waals surface area (Å²) in [6.45, 7) is 4.52.